The van der Waals surface area contributed by atoms with Gasteiger partial charge in [0.1, 0.15) is 5.69 Å². The van der Waals surface area contributed by atoms with Gasteiger partial charge in [0.15, 0.2) is 0 Å². The number of carbonyl (C=O) groups excluding carboxylic acids is 1. The van der Waals surface area contributed by atoms with Gasteiger partial charge in [-0.1, -0.05) is 6.58 Å². The van der Waals surface area contributed by atoms with Crippen LogP contribution in [0.15, 0.2) is 23.0 Å². The zero-order valence-electron chi connectivity index (χ0n) is 5.63. The van der Waals surface area contributed by atoms with Crippen molar-refractivity contribution in [2.45, 2.75) is 6.92 Å². The SMILES string of the molecule is C=C(C)C(=O)c1cscn1. The smallest absolute Gasteiger partial charge is 0.207 e. The molecule has 0 N–H and O–H groups in total. The molecule has 0 amide bonds. The van der Waals surface area contributed by atoms with E-state index in [2.05, 4.69) is 11.6 Å². The van der Waals surface area contributed by atoms with Crippen molar-refractivity contribution in [1.82, 2.24) is 4.98 Å². The molecule has 0 aromatic carbocycles. The average molecular weight is 153 g/mol. The molecule has 0 aliphatic carbocycles. The van der Waals surface area contributed by atoms with E-state index >= 15 is 0 Å². The summed E-state index contributed by atoms with van der Waals surface area (Å²) in [6.45, 7) is 5.21. The average Bonchev–Trinajstić information content (AvgIpc) is 2.36. The number of ketones is 1. The first-order chi connectivity index (χ1) is 4.72. The molecule has 0 unspecified atom stereocenters. The summed E-state index contributed by atoms with van der Waals surface area (Å²) in [5.41, 5.74) is 2.67. The van der Waals surface area contributed by atoms with E-state index < -0.39 is 0 Å². The number of hydrogen-bond acceptors (Lipinski definition) is 3. The lowest BCUT2D eigenvalue weighted by Gasteiger charge is -1.90. The Morgan fingerprint density at radius 1 is 1.80 bits per heavy atom. The van der Waals surface area contributed by atoms with Crippen molar-refractivity contribution >= 4 is 17.1 Å². The van der Waals surface area contributed by atoms with Crippen LogP contribution in [-0.2, 0) is 0 Å². The lowest BCUT2D eigenvalue weighted by atomic mass is 10.2. The van der Waals surface area contributed by atoms with Crippen molar-refractivity contribution in [3.8, 4) is 0 Å². The Bertz CT molecular complexity index is 251. The highest BCUT2D eigenvalue weighted by atomic mass is 32.1. The van der Waals surface area contributed by atoms with E-state index in [1.807, 2.05) is 0 Å². The molecule has 0 spiro atoms. The highest BCUT2D eigenvalue weighted by Gasteiger charge is 2.06. The van der Waals surface area contributed by atoms with E-state index in [9.17, 15) is 4.79 Å². The van der Waals surface area contributed by atoms with E-state index in [-0.39, 0.29) is 5.78 Å². The normalized spacial score (nSPS) is 9.30. The van der Waals surface area contributed by atoms with Crippen LogP contribution in [0.1, 0.15) is 17.4 Å². The maximum Gasteiger partial charge on any atom is 0.207 e. The predicted molar refractivity (Wildman–Crippen MR) is 41.3 cm³/mol. The van der Waals surface area contributed by atoms with E-state index in [1.54, 1.807) is 17.8 Å². The third-order valence-corrected chi connectivity index (χ3v) is 1.64. The van der Waals surface area contributed by atoms with Crippen LogP contribution in [0.25, 0.3) is 0 Å². The maximum absolute atomic E-state index is 11.1. The van der Waals surface area contributed by atoms with E-state index in [1.165, 1.54) is 11.3 Å². The minimum absolute atomic E-state index is 0.0683. The topological polar surface area (TPSA) is 30.0 Å². The highest BCUT2D eigenvalue weighted by molar-refractivity contribution is 7.07. The van der Waals surface area contributed by atoms with Gasteiger partial charge in [-0.25, -0.2) is 4.98 Å². The zero-order chi connectivity index (χ0) is 7.56. The zero-order valence-corrected chi connectivity index (χ0v) is 6.44. The fraction of sp³-hybridized carbons (Fsp3) is 0.143. The molecule has 1 aromatic rings. The summed E-state index contributed by atoms with van der Waals surface area (Å²) in [7, 11) is 0. The van der Waals surface area contributed by atoms with Crippen LogP contribution in [-0.4, -0.2) is 10.8 Å². The van der Waals surface area contributed by atoms with Crippen LogP contribution in [0.5, 0.6) is 0 Å². The molecular formula is C7H7NOS. The number of allylic oxidation sites excluding steroid dienone is 1. The second-order valence-electron chi connectivity index (χ2n) is 1.98. The molecule has 0 aliphatic rings. The monoisotopic (exact) mass is 153 g/mol. The fourth-order valence-corrected chi connectivity index (χ4v) is 1.08. The van der Waals surface area contributed by atoms with Gasteiger partial charge in [0, 0.05) is 5.38 Å². The quantitative estimate of drug-likeness (QED) is 0.480. The highest BCUT2D eigenvalue weighted by Crippen LogP contribution is 2.05. The number of carbonyl (C=O) groups is 1. The van der Waals surface area contributed by atoms with Crippen molar-refractivity contribution in [2.24, 2.45) is 0 Å². The van der Waals surface area contributed by atoms with Crippen molar-refractivity contribution in [3.05, 3.63) is 28.7 Å². The Morgan fingerprint density at radius 2 is 2.50 bits per heavy atom. The molecule has 10 heavy (non-hydrogen) atoms. The fourth-order valence-electron chi connectivity index (χ4n) is 0.543. The summed E-state index contributed by atoms with van der Waals surface area (Å²) in [5.74, 6) is -0.0683. The minimum Gasteiger partial charge on any atom is -0.287 e. The number of Topliss-reactive ketones (excluding diaryl/α,β-unsaturated/α-hetero) is 1. The molecule has 2 nitrogen and oxygen atoms in total. The Labute approximate surface area is 63.2 Å². The number of hydrogen-bond donors (Lipinski definition) is 0. The van der Waals surface area contributed by atoms with Crippen molar-refractivity contribution < 1.29 is 4.79 Å². The number of thiazole rings is 1. The molecule has 1 aromatic heterocycles. The summed E-state index contributed by atoms with van der Waals surface area (Å²) in [6, 6.07) is 0. The largest absolute Gasteiger partial charge is 0.287 e. The summed E-state index contributed by atoms with van der Waals surface area (Å²) < 4.78 is 0. The van der Waals surface area contributed by atoms with Crippen LogP contribution >= 0.6 is 11.3 Å². The van der Waals surface area contributed by atoms with Crippen molar-refractivity contribution in [1.29, 1.82) is 0 Å². The van der Waals surface area contributed by atoms with Gasteiger partial charge in [0.25, 0.3) is 0 Å². The van der Waals surface area contributed by atoms with Crippen LogP contribution in [0.2, 0.25) is 0 Å². The first kappa shape index (κ1) is 7.15. The predicted octanol–water partition coefficient (Wildman–Crippen LogP) is 1.90. The lowest BCUT2D eigenvalue weighted by molar-refractivity contribution is 0.103. The van der Waals surface area contributed by atoms with Gasteiger partial charge in [-0.15, -0.1) is 11.3 Å². The second kappa shape index (κ2) is 2.75. The van der Waals surface area contributed by atoms with Crippen LogP contribution in [0.3, 0.4) is 0 Å². The molecule has 0 aliphatic heterocycles. The maximum atomic E-state index is 11.1. The van der Waals surface area contributed by atoms with Gasteiger partial charge in [-0.2, -0.15) is 0 Å². The third kappa shape index (κ3) is 1.30. The Kier molecular flexibility index (Phi) is 1.97. The van der Waals surface area contributed by atoms with Crippen LogP contribution in [0, 0.1) is 0 Å². The van der Waals surface area contributed by atoms with Crippen molar-refractivity contribution in [2.75, 3.05) is 0 Å². The van der Waals surface area contributed by atoms with Crippen LogP contribution in [0.4, 0.5) is 0 Å². The first-order valence-electron chi connectivity index (χ1n) is 2.80. The Balaban J connectivity index is 2.88. The van der Waals surface area contributed by atoms with Gasteiger partial charge in [0.2, 0.25) is 5.78 Å². The molecule has 0 bridgehead atoms. The Morgan fingerprint density at radius 3 is 2.90 bits per heavy atom. The van der Waals surface area contributed by atoms with Gasteiger partial charge < -0.3 is 0 Å². The summed E-state index contributed by atoms with van der Waals surface area (Å²) in [5, 5.41) is 1.72. The van der Waals surface area contributed by atoms with Crippen molar-refractivity contribution in [3.63, 3.8) is 0 Å². The first-order valence-corrected chi connectivity index (χ1v) is 3.74. The minimum atomic E-state index is -0.0683. The van der Waals surface area contributed by atoms with E-state index in [4.69, 9.17) is 0 Å². The number of aromatic nitrogens is 1. The van der Waals surface area contributed by atoms with Crippen LogP contribution < -0.4 is 0 Å². The molecule has 1 rings (SSSR count). The molecular weight excluding hydrogens is 146 g/mol. The summed E-state index contributed by atoms with van der Waals surface area (Å²) in [4.78, 5) is 14.9. The molecule has 0 atom stereocenters. The second-order valence-corrected chi connectivity index (χ2v) is 2.70. The standard InChI is InChI=1S/C7H7NOS/c1-5(2)7(9)6-3-10-4-8-6/h3-4H,1H2,2H3. The van der Waals surface area contributed by atoms with Gasteiger partial charge in [-0.3, -0.25) is 4.79 Å². The van der Waals surface area contributed by atoms with Gasteiger partial charge in [-0.05, 0) is 12.5 Å². The molecule has 0 saturated carbocycles. The van der Waals surface area contributed by atoms with E-state index in [0.717, 1.165) is 0 Å². The summed E-state index contributed by atoms with van der Waals surface area (Å²) >= 11 is 1.41. The third-order valence-electron chi connectivity index (χ3n) is 1.05. The van der Waals surface area contributed by atoms with Gasteiger partial charge in [0.05, 0.1) is 5.51 Å². The molecule has 0 fully saturated rings. The number of rotatable bonds is 2. The summed E-state index contributed by atoms with van der Waals surface area (Å²) in [6.07, 6.45) is 0. The van der Waals surface area contributed by atoms with Gasteiger partial charge >= 0.3 is 0 Å². The molecule has 52 valence electrons. The Hall–Kier alpha value is -0.960. The molecule has 0 saturated heterocycles. The molecule has 0 radical (unpaired) electrons. The number of nitrogens with zero attached hydrogens (tertiary/aromatic N) is 1. The molecule has 3 heteroatoms. The van der Waals surface area contributed by atoms with E-state index in [0.29, 0.717) is 11.3 Å². The lowest BCUT2D eigenvalue weighted by Crippen LogP contribution is -1.98. The molecule has 1 heterocycles.